The van der Waals surface area contributed by atoms with E-state index in [1.807, 2.05) is 6.92 Å². The Morgan fingerprint density at radius 3 is 2.64 bits per heavy atom. The molecule has 0 heterocycles. The molecule has 0 radical (unpaired) electrons. The van der Waals surface area contributed by atoms with E-state index in [1.54, 1.807) is 5.57 Å². The van der Waals surface area contributed by atoms with E-state index < -0.39 is 11.4 Å². The van der Waals surface area contributed by atoms with Crippen LogP contribution in [0.4, 0.5) is 0 Å². The average Bonchev–Trinajstić information content (AvgIpc) is 2.68. The lowest BCUT2D eigenvalue weighted by molar-refractivity contribution is -0.177. The number of rotatable bonds is 1. The summed E-state index contributed by atoms with van der Waals surface area (Å²) in [4.78, 5) is 12.0. The highest BCUT2D eigenvalue weighted by Gasteiger charge is 2.64. The lowest BCUT2D eigenvalue weighted by atomic mass is 9.41. The summed E-state index contributed by atoms with van der Waals surface area (Å²) in [5, 5.41) is 9.91. The van der Waals surface area contributed by atoms with Gasteiger partial charge in [0.1, 0.15) is 0 Å². The molecular weight excluding hydrogens is 272 g/mol. The maximum atomic E-state index is 12.0. The van der Waals surface area contributed by atoms with Gasteiger partial charge in [-0.2, -0.15) is 0 Å². The van der Waals surface area contributed by atoms with Crippen molar-refractivity contribution < 1.29 is 9.90 Å². The lowest BCUT2D eigenvalue weighted by Crippen LogP contribution is -2.58. The zero-order chi connectivity index (χ0) is 15.8. The smallest absolute Gasteiger partial charge is 0.309 e. The number of carboxylic acid groups (broad SMARTS) is 1. The van der Waals surface area contributed by atoms with Crippen LogP contribution in [0.1, 0.15) is 72.1 Å². The molecule has 3 fully saturated rings. The highest BCUT2D eigenvalue weighted by molar-refractivity contribution is 5.75. The van der Waals surface area contributed by atoms with E-state index in [0.717, 1.165) is 25.2 Å². The standard InChI is InChI=1S/C20H30O2/c1-13-11-20-10-7-15-18(2,16(20)6-5-14(13)12-20)8-4-9-19(15,3)17(21)22/h11,14-16H,4-10,12H2,1-3H3,(H,21,22)/t14-,15+,16+,18-,19+,20-/m0/s1. The van der Waals surface area contributed by atoms with Gasteiger partial charge < -0.3 is 5.11 Å². The van der Waals surface area contributed by atoms with Crippen molar-refractivity contribution in [1.82, 2.24) is 0 Å². The molecule has 1 spiro atoms. The summed E-state index contributed by atoms with van der Waals surface area (Å²) in [6.45, 7) is 6.82. The number of aliphatic carboxylic acids is 1. The summed E-state index contributed by atoms with van der Waals surface area (Å²) in [5.74, 6) is 1.36. The van der Waals surface area contributed by atoms with Gasteiger partial charge in [-0.15, -0.1) is 0 Å². The number of fused-ring (bicyclic) bond motifs is 3. The lowest BCUT2D eigenvalue weighted by Gasteiger charge is -2.63. The minimum atomic E-state index is -0.550. The molecule has 2 nitrogen and oxygen atoms in total. The highest BCUT2D eigenvalue weighted by atomic mass is 16.4. The summed E-state index contributed by atoms with van der Waals surface area (Å²) in [5.41, 5.74) is 1.77. The minimum Gasteiger partial charge on any atom is -0.481 e. The Bertz CT molecular complexity index is 550. The van der Waals surface area contributed by atoms with Crippen LogP contribution >= 0.6 is 0 Å². The zero-order valence-electron chi connectivity index (χ0n) is 14.3. The van der Waals surface area contributed by atoms with Crippen molar-refractivity contribution in [1.29, 1.82) is 0 Å². The molecule has 0 unspecified atom stereocenters. The van der Waals surface area contributed by atoms with E-state index in [-0.39, 0.29) is 5.41 Å². The molecule has 2 bridgehead atoms. The molecule has 0 aromatic heterocycles. The molecule has 0 aromatic rings. The van der Waals surface area contributed by atoms with Gasteiger partial charge in [-0.25, -0.2) is 0 Å². The Morgan fingerprint density at radius 2 is 1.91 bits per heavy atom. The maximum Gasteiger partial charge on any atom is 0.309 e. The molecular formula is C20H30O2. The van der Waals surface area contributed by atoms with Crippen molar-refractivity contribution in [2.75, 3.05) is 0 Å². The number of carbonyl (C=O) groups is 1. The van der Waals surface area contributed by atoms with Crippen LogP contribution in [0, 0.1) is 34.0 Å². The van der Waals surface area contributed by atoms with Crippen molar-refractivity contribution in [2.24, 2.45) is 34.0 Å². The second-order valence-corrected chi connectivity index (χ2v) is 9.33. The van der Waals surface area contributed by atoms with Gasteiger partial charge in [0, 0.05) is 0 Å². The third kappa shape index (κ3) is 1.65. The number of allylic oxidation sites excluding steroid dienone is 2. The predicted octanol–water partition coefficient (Wildman–Crippen LogP) is 5.04. The van der Waals surface area contributed by atoms with Gasteiger partial charge in [0.2, 0.25) is 0 Å². The molecule has 6 atom stereocenters. The number of hydrogen-bond donors (Lipinski definition) is 1. The van der Waals surface area contributed by atoms with Gasteiger partial charge in [-0.05, 0) is 87.4 Å². The van der Waals surface area contributed by atoms with Crippen molar-refractivity contribution in [2.45, 2.75) is 72.1 Å². The molecule has 4 aliphatic rings. The largest absolute Gasteiger partial charge is 0.481 e. The topological polar surface area (TPSA) is 37.3 Å². The Labute approximate surface area is 134 Å². The third-order valence-corrected chi connectivity index (χ3v) is 8.44. The Hall–Kier alpha value is -0.790. The van der Waals surface area contributed by atoms with E-state index in [9.17, 15) is 9.90 Å². The number of hydrogen-bond acceptors (Lipinski definition) is 1. The van der Waals surface area contributed by atoms with E-state index in [0.29, 0.717) is 17.3 Å². The number of carboxylic acids is 1. The summed E-state index contributed by atoms with van der Waals surface area (Å²) in [6.07, 6.45) is 12.2. The van der Waals surface area contributed by atoms with Crippen LogP contribution in [0.2, 0.25) is 0 Å². The van der Waals surface area contributed by atoms with Gasteiger partial charge in [0.25, 0.3) is 0 Å². The Kier molecular flexibility index (Phi) is 2.95. The molecule has 0 saturated heterocycles. The van der Waals surface area contributed by atoms with Crippen molar-refractivity contribution in [3.63, 3.8) is 0 Å². The molecule has 0 amide bonds. The van der Waals surface area contributed by atoms with Gasteiger partial charge in [0.05, 0.1) is 5.41 Å². The Morgan fingerprint density at radius 1 is 1.14 bits per heavy atom. The zero-order valence-corrected chi connectivity index (χ0v) is 14.3. The van der Waals surface area contributed by atoms with Crippen LogP contribution in [-0.4, -0.2) is 11.1 Å². The molecule has 2 heteroatoms. The van der Waals surface area contributed by atoms with Crippen LogP contribution in [0.15, 0.2) is 11.6 Å². The second kappa shape index (κ2) is 4.39. The van der Waals surface area contributed by atoms with Crippen molar-refractivity contribution >= 4 is 5.97 Å². The van der Waals surface area contributed by atoms with E-state index >= 15 is 0 Å². The quantitative estimate of drug-likeness (QED) is 0.689. The van der Waals surface area contributed by atoms with Crippen molar-refractivity contribution in [3.8, 4) is 0 Å². The molecule has 0 aromatic carbocycles. The summed E-state index contributed by atoms with van der Waals surface area (Å²) >= 11 is 0. The maximum absolute atomic E-state index is 12.0. The van der Waals surface area contributed by atoms with Crippen LogP contribution in [0.25, 0.3) is 0 Å². The first-order valence-corrected chi connectivity index (χ1v) is 9.25. The normalized spacial score (nSPS) is 53.4. The SMILES string of the molecule is CC1=C[C@]23CC[C@@H]4[C@](C)(CCC[C@@]4(C)C(=O)O)[C@H]2CC[C@H]1C3. The fourth-order valence-electron chi connectivity index (χ4n) is 7.46. The molecule has 4 rings (SSSR count). The summed E-state index contributed by atoms with van der Waals surface area (Å²) < 4.78 is 0. The molecule has 22 heavy (non-hydrogen) atoms. The van der Waals surface area contributed by atoms with Gasteiger partial charge in [-0.1, -0.05) is 25.0 Å². The van der Waals surface area contributed by atoms with E-state index in [2.05, 4.69) is 19.9 Å². The molecule has 1 N–H and O–H groups in total. The minimum absolute atomic E-state index is 0.232. The van der Waals surface area contributed by atoms with E-state index in [1.165, 1.54) is 32.1 Å². The van der Waals surface area contributed by atoms with Crippen LogP contribution < -0.4 is 0 Å². The summed E-state index contributed by atoms with van der Waals surface area (Å²) in [6, 6.07) is 0. The highest BCUT2D eigenvalue weighted by Crippen LogP contribution is 2.70. The molecule has 0 aliphatic heterocycles. The molecule has 4 aliphatic carbocycles. The fourth-order valence-corrected chi connectivity index (χ4v) is 7.46. The average molecular weight is 302 g/mol. The van der Waals surface area contributed by atoms with Crippen LogP contribution in [0.5, 0.6) is 0 Å². The monoisotopic (exact) mass is 302 g/mol. The van der Waals surface area contributed by atoms with Crippen LogP contribution in [-0.2, 0) is 4.79 Å². The van der Waals surface area contributed by atoms with Gasteiger partial charge in [-0.3, -0.25) is 4.79 Å². The van der Waals surface area contributed by atoms with E-state index in [4.69, 9.17) is 0 Å². The first-order chi connectivity index (χ1) is 10.3. The van der Waals surface area contributed by atoms with Gasteiger partial charge in [0.15, 0.2) is 0 Å². The van der Waals surface area contributed by atoms with Gasteiger partial charge >= 0.3 is 5.97 Å². The summed E-state index contributed by atoms with van der Waals surface area (Å²) in [7, 11) is 0. The first-order valence-electron chi connectivity index (χ1n) is 9.25. The predicted molar refractivity (Wildman–Crippen MR) is 87.4 cm³/mol. The van der Waals surface area contributed by atoms with Crippen molar-refractivity contribution in [3.05, 3.63) is 11.6 Å². The molecule has 3 saturated carbocycles. The third-order valence-electron chi connectivity index (χ3n) is 8.44. The fraction of sp³-hybridized carbons (Fsp3) is 0.850. The second-order valence-electron chi connectivity index (χ2n) is 9.33. The Balaban J connectivity index is 1.77. The molecule has 122 valence electrons. The first kappa shape index (κ1) is 14.8. The van der Waals surface area contributed by atoms with Crippen LogP contribution in [0.3, 0.4) is 0 Å².